The molecular formula is C16H19N3. The molecule has 1 aliphatic rings. The van der Waals surface area contributed by atoms with E-state index in [0.717, 1.165) is 13.1 Å². The average molecular weight is 253 g/mol. The molecule has 98 valence electrons. The molecule has 3 rings (SSSR count). The van der Waals surface area contributed by atoms with Crippen LogP contribution in [0.4, 0.5) is 11.5 Å². The number of nitrogens with zero attached hydrogens (tertiary/aromatic N) is 2. The minimum Gasteiger partial charge on any atom is -0.384 e. The normalized spacial score (nSPS) is 18.2. The van der Waals surface area contributed by atoms with Gasteiger partial charge in [0.1, 0.15) is 5.82 Å². The van der Waals surface area contributed by atoms with Crippen molar-refractivity contribution in [2.75, 3.05) is 17.2 Å². The fraction of sp³-hybridized carbons (Fsp3) is 0.312. The third kappa shape index (κ3) is 2.55. The number of anilines is 2. The summed E-state index contributed by atoms with van der Waals surface area (Å²) in [5, 5.41) is 0. The van der Waals surface area contributed by atoms with Gasteiger partial charge in [-0.3, -0.25) is 0 Å². The van der Waals surface area contributed by atoms with E-state index in [0.29, 0.717) is 11.7 Å². The van der Waals surface area contributed by atoms with Crippen molar-refractivity contribution < 1.29 is 0 Å². The molecule has 0 saturated heterocycles. The molecule has 1 aromatic carbocycles. The summed E-state index contributed by atoms with van der Waals surface area (Å²) < 4.78 is 0. The zero-order valence-corrected chi connectivity index (χ0v) is 11.2. The van der Waals surface area contributed by atoms with Crippen molar-refractivity contribution in [2.24, 2.45) is 5.92 Å². The molecule has 1 unspecified atom stereocenters. The maximum Gasteiger partial charge on any atom is 0.123 e. The quantitative estimate of drug-likeness (QED) is 0.895. The summed E-state index contributed by atoms with van der Waals surface area (Å²) in [5.74, 6) is 1.28. The molecule has 3 nitrogen and oxygen atoms in total. The van der Waals surface area contributed by atoms with Crippen LogP contribution in [0.2, 0.25) is 0 Å². The summed E-state index contributed by atoms with van der Waals surface area (Å²) >= 11 is 0. The monoisotopic (exact) mass is 253 g/mol. The Hall–Kier alpha value is -2.03. The van der Waals surface area contributed by atoms with Gasteiger partial charge in [0.25, 0.3) is 0 Å². The first-order valence-corrected chi connectivity index (χ1v) is 6.75. The predicted molar refractivity (Wildman–Crippen MR) is 79.0 cm³/mol. The predicted octanol–water partition coefficient (Wildman–Crippen LogP) is 2.86. The van der Waals surface area contributed by atoms with Crippen molar-refractivity contribution in [3.05, 3.63) is 53.7 Å². The molecule has 3 heteroatoms. The van der Waals surface area contributed by atoms with Crippen LogP contribution in [0.1, 0.15) is 18.1 Å². The summed E-state index contributed by atoms with van der Waals surface area (Å²) in [5.41, 5.74) is 9.78. The molecule has 0 spiro atoms. The summed E-state index contributed by atoms with van der Waals surface area (Å²) in [6, 6.07) is 12.7. The summed E-state index contributed by atoms with van der Waals surface area (Å²) in [6.07, 6.45) is 2.95. The van der Waals surface area contributed by atoms with Crippen LogP contribution < -0.4 is 10.6 Å². The zero-order chi connectivity index (χ0) is 13.2. The van der Waals surface area contributed by atoms with E-state index in [9.17, 15) is 0 Å². The number of aromatic nitrogens is 1. The highest BCUT2D eigenvalue weighted by molar-refractivity contribution is 5.56. The second kappa shape index (κ2) is 4.92. The van der Waals surface area contributed by atoms with Crippen LogP contribution in [-0.4, -0.2) is 11.5 Å². The van der Waals surface area contributed by atoms with Crippen LogP contribution in [0.25, 0.3) is 0 Å². The molecule has 1 atom stereocenters. The van der Waals surface area contributed by atoms with E-state index in [4.69, 9.17) is 5.73 Å². The first-order valence-electron chi connectivity index (χ1n) is 6.75. The molecular weight excluding hydrogens is 234 g/mol. The van der Waals surface area contributed by atoms with E-state index < -0.39 is 0 Å². The van der Waals surface area contributed by atoms with Crippen molar-refractivity contribution in [1.82, 2.24) is 4.98 Å². The Morgan fingerprint density at radius 3 is 3.00 bits per heavy atom. The number of nitrogen functional groups attached to an aromatic ring is 1. The minimum absolute atomic E-state index is 0.593. The van der Waals surface area contributed by atoms with Crippen LogP contribution in [0.5, 0.6) is 0 Å². The molecule has 0 bridgehead atoms. The molecule has 19 heavy (non-hydrogen) atoms. The lowest BCUT2D eigenvalue weighted by Crippen LogP contribution is -2.33. The first kappa shape index (κ1) is 12.0. The van der Waals surface area contributed by atoms with E-state index in [1.165, 1.54) is 23.2 Å². The van der Waals surface area contributed by atoms with Crippen LogP contribution in [-0.2, 0) is 13.0 Å². The number of hydrogen-bond acceptors (Lipinski definition) is 3. The van der Waals surface area contributed by atoms with Gasteiger partial charge >= 0.3 is 0 Å². The Morgan fingerprint density at radius 2 is 2.16 bits per heavy atom. The average Bonchev–Trinajstić information content (AvgIpc) is 2.38. The van der Waals surface area contributed by atoms with Crippen molar-refractivity contribution in [1.29, 1.82) is 0 Å². The number of benzene rings is 1. The maximum atomic E-state index is 5.76. The summed E-state index contributed by atoms with van der Waals surface area (Å²) in [6.45, 7) is 4.30. The van der Waals surface area contributed by atoms with Crippen molar-refractivity contribution in [3.8, 4) is 0 Å². The van der Waals surface area contributed by atoms with Gasteiger partial charge in [-0.15, -0.1) is 0 Å². The van der Waals surface area contributed by atoms with Gasteiger partial charge in [-0.2, -0.15) is 0 Å². The number of pyridine rings is 1. The highest BCUT2D eigenvalue weighted by Crippen LogP contribution is 2.30. The second-order valence-corrected chi connectivity index (χ2v) is 5.41. The van der Waals surface area contributed by atoms with Gasteiger partial charge in [0, 0.05) is 25.0 Å². The summed E-state index contributed by atoms with van der Waals surface area (Å²) in [4.78, 5) is 6.49. The number of fused-ring (bicyclic) bond motifs is 1. The van der Waals surface area contributed by atoms with E-state index in [2.05, 4.69) is 41.1 Å². The Morgan fingerprint density at radius 1 is 1.32 bits per heavy atom. The van der Waals surface area contributed by atoms with Gasteiger partial charge in [0.2, 0.25) is 0 Å². The lowest BCUT2D eigenvalue weighted by molar-refractivity contribution is 0.530. The number of rotatable bonds is 2. The molecule has 1 aliphatic heterocycles. The molecule has 1 aromatic heterocycles. The third-order valence-electron chi connectivity index (χ3n) is 3.65. The lowest BCUT2D eigenvalue weighted by Gasteiger charge is -2.35. The fourth-order valence-electron chi connectivity index (χ4n) is 2.87. The van der Waals surface area contributed by atoms with Crippen molar-refractivity contribution in [2.45, 2.75) is 19.9 Å². The van der Waals surface area contributed by atoms with Crippen LogP contribution in [0.3, 0.4) is 0 Å². The second-order valence-electron chi connectivity index (χ2n) is 5.41. The largest absolute Gasteiger partial charge is 0.384 e. The number of hydrogen-bond donors (Lipinski definition) is 1. The first-order chi connectivity index (χ1) is 9.22. The smallest absolute Gasteiger partial charge is 0.123 e. The zero-order valence-electron chi connectivity index (χ0n) is 11.2. The topological polar surface area (TPSA) is 42.2 Å². The van der Waals surface area contributed by atoms with Crippen molar-refractivity contribution >= 4 is 11.5 Å². The highest BCUT2D eigenvalue weighted by Gasteiger charge is 2.21. The third-order valence-corrected chi connectivity index (χ3v) is 3.65. The van der Waals surface area contributed by atoms with Crippen LogP contribution >= 0.6 is 0 Å². The van der Waals surface area contributed by atoms with E-state index in [1.54, 1.807) is 6.20 Å². The van der Waals surface area contributed by atoms with Gasteiger partial charge in [-0.1, -0.05) is 25.1 Å². The number of nitrogens with two attached hydrogens (primary N) is 1. The van der Waals surface area contributed by atoms with Crippen LogP contribution in [0, 0.1) is 5.92 Å². The van der Waals surface area contributed by atoms with Crippen LogP contribution in [0.15, 0.2) is 42.6 Å². The molecule has 2 heterocycles. The molecule has 0 amide bonds. The standard InChI is InChI=1S/C16H19N3/c1-12-8-14-4-2-3-5-15(14)19(10-12)11-13-6-7-18-16(17)9-13/h2-7,9,12H,8,10-11H2,1H3,(H2,17,18). The Bertz CT molecular complexity index is 580. The van der Waals surface area contributed by atoms with E-state index in [1.807, 2.05) is 12.1 Å². The number of para-hydroxylation sites is 1. The fourth-order valence-corrected chi connectivity index (χ4v) is 2.87. The maximum absolute atomic E-state index is 5.76. The molecule has 2 aromatic rings. The van der Waals surface area contributed by atoms with Crippen molar-refractivity contribution in [3.63, 3.8) is 0 Å². The molecule has 0 fully saturated rings. The van der Waals surface area contributed by atoms with E-state index in [-0.39, 0.29) is 0 Å². The highest BCUT2D eigenvalue weighted by atomic mass is 15.1. The van der Waals surface area contributed by atoms with Gasteiger partial charge in [0.05, 0.1) is 0 Å². The van der Waals surface area contributed by atoms with Gasteiger partial charge in [-0.25, -0.2) is 4.98 Å². The molecule has 0 aliphatic carbocycles. The Kier molecular flexibility index (Phi) is 3.11. The van der Waals surface area contributed by atoms with Gasteiger partial charge in [-0.05, 0) is 41.7 Å². The molecule has 0 radical (unpaired) electrons. The van der Waals surface area contributed by atoms with E-state index >= 15 is 0 Å². The van der Waals surface area contributed by atoms with Gasteiger partial charge in [0.15, 0.2) is 0 Å². The Labute approximate surface area is 114 Å². The van der Waals surface area contributed by atoms with Gasteiger partial charge < -0.3 is 10.6 Å². The Balaban J connectivity index is 1.89. The summed E-state index contributed by atoms with van der Waals surface area (Å²) in [7, 11) is 0. The lowest BCUT2D eigenvalue weighted by atomic mass is 9.93. The molecule has 0 saturated carbocycles. The minimum atomic E-state index is 0.593. The SMILES string of the molecule is CC1Cc2ccccc2N(Cc2ccnc(N)c2)C1. The molecule has 2 N–H and O–H groups in total.